The quantitative estimate of drug-likeness (QED) is 0.850. The zero-order valence-corrected chi connectivity index (χ0v) is 14.5. The maximum Gasteiger partial charge on any atom is 0.410 e. The van der Waals surface area contributed by atoms with Gasteiger partial charge in [-0.25, -0.2) is 4.79 Å². The van der Waals surface area contributed by atoms with E-state index in [4.69, 9.17) is 4.74 Å². The SMILES string of the molecule is CC(CCNC1=NCCN(C(=O)OC(C)(C)C)C1)S(C)=O. The van der Waals surface area contributed by atoms with Crippen LogP contribution in [-0.4, -0.2) is 64.3 Å². The molecule has 2 unspecified atom stereocenters. The van der Waals surface area contributed by atoms with Crippen LogP contribution in [0.4, 0.5) is 4.79 Å². The van der Waals surface area contributed by atoms with Crippen molar-refractivity contribution < 1.29 is 13.7 Å². The Morgan fingerprint density at radius 2 is 2.19 bits per heavy atom. The molecular weight excluding hydrogens is 290 g/mol. The fourth-order valence-corrected chi connectivity index (χ4v) is 2.25. The number of amidine groups is 1. The van der Waals surface area contributed by atoms with Gasteiger partial charge in [0.05, 0.1) is 13.1 Å². The summed E-state index contributed by atoms with van der Waals surface area (Å²) in [5, 5.41) is 3.38. The third kappa shape index (κ3) is 6.93. The van der Waals surface area contributed by atoms with Crippen LogP contribution in [0.15, 0.2) is 4.99 Å². The number of ether oxygens (including phenoxy) is 1. The van der Waals surface area contributed by atoms with Gasteiger partial charge in [0.25, 0.3) is 0 Å². The van der Waals surface area contributed by atoms with Gasteiger partial charge >= 0.3 is 6.09 Å². The van der Waals surface area contributed by atoms with Gasteiger partial charge in [-0.2, -0.15) is 0 Å². The molecule has 1 aliphatic heterocycles. The molecule has 6 nitrogen and oxygen atoms in total. The lowest BCUT2D eigenvalue weighted by molar-refractivity contribution is 0.0276. The zero-order valence-electron chi connectivity index (χ0n) is 13.6. The van der Waals surface area contributed by atoms with Gasteiger partial charge in [0.2, 0.25) is 0 Å². The molecule has 0 aliphatic carbocycles. The number of nitrogens with zero attached hydrogens (tertiary/aromatic N) is 2. The minimum absolute atomic E-state index is 0.156. The molecule has 0 aromatic rings. The Morgan fingerprint density at radius 1 is 1.52 bits per heavy atom. The van der Waals surface area contributed by atoms with E-state index in [2.05, 4.69) is 10.3 Å². The molecule has 0 aromatic carbocycles. The van der Waals surface area contributed by atoms with Crippen LogP contribution >= 0.6 is 0 Å². The van der Waals surface area contributed by atoms with Gasteiger partial charge in [-0.15, -0.1) is 0 Å². The van der Waals surface area contributed by atoms with Gasteiger partial charge in [-0.1, -0.05) is 6.92 Å². The second-order valence-electron chi connectivity index (χ2n) is 6.25. The average Bonchev–Trinajstić information content (AvgIpc) is 2.36. The average molecular weight is 317 g/mol. The Balaban J connectivity index is 2.40. The fourth-order valence-electron chi connectivity index (χ4n) is 1.80. The van der Waals surface area contributed by atoms with Crippen LogP contribution in [0.3, 0.4) is 0 Å². The normalized spacial score (nSPS) is 18.7. The van der Waals surface area contributed by atoms with Gasteiger partial charge in [-0.05, 0) is 27.2 Å². The number of carbonyl (C=O) groups is 1. The van der Waals surface area contributed by atoms with Crippen molar-refractivity contribution in [2.45, 2.75) is 45.0 Å². The highest BCUT2D eigenvalue weighted by molar-refractivity contribution is 7.84. The number of hydrogen-bond acceptors (Lipinski definition) is 5. The number of amides is 1. The molecule has 0 aromatic heterocycles. The Bertz CT molecular complexity index is 418. The second-order valence-corrected chi connectivity index (χ2v) is 8.06. The van der Waals surface area contributed by atoms with E-state index < -0.39 is 16.4 Å². The molecule has 1 N–H and O–H groups in total. The Kier molecular flexibility index (Phi) is 6.64. The second kappa shape index (κ2) is 7.77. The molecule has 0 bridgehead atoms. The molecule has 122 valence electrons. The lowest BCUT2D eigenvalue weighted by atomic mass is 10.2. The molecule has 1 amide bonds. The van der Waals surface area contributed by atoms with Gasteiger partial charge in [0.15, 0.2) is 0 Å². The van der Waals surface area contributed by atoms with E-state index in [9.17, 15) is 9.00 Å². The minimum Gasteiger partial charge on any atom is -0.444 e. The highest BCUT2D eigenvalue weighted by Gasteiger charge is 2.24. The lowest BCUT2D eigenvalue weighted by Crippen LogP contribution is -2.47. The van der Waals surface area contributed by atoms with E-state index >= 15 is 0 Å². The number of rotatable bonds is 4. The third-order valence-corrected chi connectivity index (χ3v) is 4.48. The first-order chi connectivity index (χ1) is 9.69. The van der Waals surface area contributed by atoms with Crippen LogP contribution in [0.5, 0.6) is 0 Å². The van der Waals surface area contributed by atoms with Crippen molar-refractivity contribution in [2.75, 3.05) is 32.4 Å². The van der Waals surface area contributed by atoms with Gasteiger partial charge < -0.3 is 10.1 Å². The van der Waals surface area contributed by atoms with Crippen molar-refractivity contribution in [3.05, 3.63) is 0 Å². The van der Waals surface area contributed by atoms with E-state index in [1.807, 2.05) is 27.7 Å². The highest BCUT2D eigenvalue weighted by Crippen LogP contribution is 2.11. The molecule has 0 radical (unpaired) electrons. The summed E-state index contributed by atoms with van der Waals surface area (Å²) >= 11 is 0. The summed E-state index contributed by atoms with van der Waals surface area (Å²) in [5.41, 5.74) is -0.486. The standard InChI is InChI=1S/C14H27N3O3S/c1-11(21(5)19)6-7-15-12-10-17(9-8-16-12)13(18)20-14(2,3)4/h11H,6-10H2,1-5H3,(H,15,16). The largest absolute Gasteiger partial charge is 0.444 e. The minimum atomic E-state index is -0.807. The number of aliphatic imine (C=N–C) groups is 1. The third-order valence-electron chi connectivity index (χ3n) is 3.11. The van der Waals surface area contributed by atoms with Crippen molar-refractivity contribution in [3.8, 4) is 0 Å². The summed E-state index contributed by atoms with van der Waals surface area (Å²) in [6, 6.07) is 0. The molecule has 0 spiro atoms. The summed E-state index contributed by atoms with van der Waals surface area (Å²) in [4.78, 5) is 18.0. The van der Waals surface area contributed by atoms with Gasteiger partial charge in [-0.3, -0.25) is 14.1 Å². The molecule has 1 heterocycles. The number of carbonyl (C=O) groups excluding carboxylic acids is 1. The Morgan fingerprint density at radius 3 is 2.76 bits per heavy atom. The molecule has 1 rings (SSSR count). The van der Waals surface area contributed by atoms with E-state index in [0.29, 0.717) is 26.2 Å². The molecule has 2 atom stereocenters. The maximum absolute atomic E-state index is 12.0. The van der Waals surface area contributed by atoms with Crippen LogP contribution in [0.2, 0.25) is 0 Å². The summed E-state index contributed by atoms with van der Waals surface area (Å²) in [6.07, 6.45) is 2.22. The van der Waals surface area contributed by atoms with E-state index in [-0.39, 0.29) is 11.3 Å². The van der Waals surface area contributed by atoms with Crippen LogP contribution in [0.1, 0.15) is 34.1 Å². The number of nitrogens with one attached hydrogen (secondary N) is 1. The van der Waals surface area contributed by atoms with Crippen LogP contribution in [-0.2, 0) is 15.5 Å². The van der Waals surface area contributed by atoms with Gasteiger partial charge in [0.1, 0.15) is 11.4 Å². The van der Waals surface area contributed by atoms with Crippen molar-refractivity contribution in [3.63, 3.8) is 0 Å². The fraction of sp³-hybridized carbons (Fsp3) is 0.857. The zero-order chi connectivity index (χ0) is 16.0. The topological polar surface area (TPSA) is 71.0 Å². The lowest BCUT2D eigenvalue weighted by Gasteiger charge is -2.30. The molecule has 0 fully saturated rings. The van der Waals surface area contributed by atoms with E-state index in [1.54, 1.807) is 11.2 Å². The Labute approximate surface area is 129 Å². The summed E-state index contributed by atoms with van der Waals surface area (Å²) in [7, 11) is -0.807. The van der Waals surface area contributed by atoms with Crippen molar-refractivity contribution in [1.82, 2.24) is 10.2 Å². The van der Waals surface area contributed by atoms with E-state index in [1.165, 1.54) is 0 Å². The first-order valence-electron chi connectivity index (χ1n) is 7.26. The molecule has 7 heteroatoms. The monoisotopic (exact) mass is 317 g/mol. The first kappa shape index (κ1) is 17.9. The summed E-state index contributed by atoms with van der Waals surface area (Å²) in [5.74, 6) is 0.793. The van der Waals surface area contributed by atoms with Crippen molar-refractivity contribution in [1.29, 1.82) is 0 Å². The van der Waals surface area contributed by atoms with E-state index in [0.717, 1.165) is 12.3 Å². The van der Waals surface area contributed by atoms with Crippen molar-refractivity contribution in [2.24, 2.45) is 4.99 Å². The smallest absolute Gasteiger partial charge is 0.410 e. The molecule has 1 aliphatic rings. The molecular formula is C14H27N3O3S. The molecule has 21 heavy (non-hydrogen) atoms. The maximum atomic E-state index is 12.0. The highest BCUT2D eigenvalue weighted by atomic mass is 32.2. The van der Waals surface area contributed by atoms with Crippen LogP contribution < -0.4 is 5.32 Å². The summed E-state index contributed by atoms with van der Waals surface area (Å²) < 4.78 is 16.6. The summed E-state index contributed by atoms with van der Waals surface area (Å²) in [6.45, 7) is 9.84. The first-order valence-corrected chi connectivity index (χ1v) is 8.88. The predicted molar refractivity (Wildman–Crippen MR) is 86.3 cm³/mol. The van der Waals surface area contributed by atoms with Crippen LogP contribution in [0, 0.1) is 0 Å². The van der Waals surface area contributed by atoms with Crippen molar-refractivity contribution >= 4 is 22.7 Å². The number of hydrogen-bond donors (Lipinski definition) is 1. The predicted octanol–water partition coefficient (Wildman–Crippen LogP) is 1.38. The molecule has 0 saturated carbocycles. The Hall–Kier alpha value is -1.11. The van der Waals surface area contributed by atoms with Crippen LogP contribution in [0.25, 0.3) is 0 Å². The molecule has 0 saturated heterocycles. The van der Waals surface area contributed by atoms with Gasteiger partial charge in [0, 0.05) is 35.4 Å².